The molecule has 0 saturated carbocycles. The summed E-state index contributed by atoms with van der Waals surface area (Å²) in [5.41, 5.74) is 1.85. The summed E-state index contributed by atoms with van der Waals surface area (Å²) < 4.78 is 15.0. The van der Waals surface area contributed by atoms with E-state index in [1.165, 1.54) is 4.88 Å². The predicted octanol–water partition coefficient (Wildman–Crippen LogP) is 4.00. The van der Waals surface area contributed by atoms with E-state index in [0.29, 0.717) is 6.54 Å². The van der Waals surface area contributed by atoms with E-state index >= 15 is 0 Å². The van der Waals surface area contributed by atoms with Crippen LogP contribution in [0.1, 0.15) is 16.0 Å². The van der Waals surface area contributed by atoms with Crippen LogP contribution in [-0.2, 0) is 19.6 Å². The molecule has 5 heteroatoms. The summed E-state index contributed by atoms with van der Waals surface area (Å²) in [6.07, 6.45) is 0. The van der Waals surface area contributed by atoms with Gasteiger partial charge in [-0.25, -0.2) is 4.39 Å². The van der Waals surface area contributed by atoms with Crippen molar-refractivity contribution in [2.75, 3.05) is 14.1 Å². The third kappa shape index (κ3) is 4.38. The Balaban J connectivity index is 2.02. The molecule has 2 rings (SSSR count). The molecule has 1 aromatic carbocycles. The molecule has 0 saturated heterocycles. The fourth-order valence-electron chi connectivity index (χ4n) is 2.11. The fourth-order valence-corrected chi connectivity index (χ4v) is 3.64. The standard InChI is InChI=1S/C15H18BrFN2S/c1-18-7-11-3-4-15(17)12(5-11)8-19(2)9-14-6-13(16)10-20-14/h3-6,10,18H,7-9H2,1-2H3. The summed E-state index contributed by atoms with van der Waals surface area (Å²) in [5, 5.41) is 5.15. The molecule has 2 nitrogen and oxygen atoms in total. The van der Waals surface area contributed by atoms with Crippen molar-refractivity contribution in [1.29, 1.82) is 0 Å². The van der Waals surface area contributed by atoms with Gasteiger partial charge >= 0.3 is 0 Å². The van der Waals surface area contributed by atoms with Gasteiger partial charge in [0, 0.05) is 39.9 Å². The van der Waals surface area contributed by atoms with Crippen LogP contribution in [0, 0.1) is 5.82 Å². The largest absolute Gasteiger partial charge is 0.316 e. The number of nitrogens with zero attached hydrogens (tertiary/aromatic N) is 1. The molecule has 0 unspecified atom stereocenters. The van der Waals surface area contributed by atoms with Gasteiger partial charge in [-0.15, -0.1) is 11.3 Å². The van der Waals surface area contributed by atoms with E-state index in [0.717, 1.165) is 28.7 Å². The van der Waals surface area contributed by atoms with Crippen LogP contribution in [0.5, 0.6) is 0 Å². The molecule has 1 N–H and O–H groups in total. The SMILES string of the molecule is CNCc1ccc(F)c(CN(C)Cc2cc(Br)cs2)c1. The number of nitrogens with one attached hydrogen (secondary N) is 1. The van der Waals surface area contributed by atoms with Crippen molar-refractivity contribution in [3.8, 4) is 0 Å². The molecule has 1 heterocycles. The first kappa shape index (κ1) is 15.6. The van der Waals surface area contributed by atoms with E-state index in [2.05, 4.69) is 37.6 Å². The lowest BCUT2D eigenvalue weighted by Gasteiger charge is -2.17. The number of hydrogen-bond donors (Lipinski definition) is 1. The third-order valence-corrected chi connectivity index (χ3v) is 4.66. The average Bonchev–Trinajstić information content (AvgIpc) is 2.79. The second-order valence-electron chi connectivity index (χ2n) is 4.86. The van der Waals surface area contributed by atoms with Gasteiger partial charge < -0.3 is 5.32 Å². The molecule has 0 aliphatic carbocycles. The number of rotatable bonds is 6. The topological polar surface area (TPSA) is 15.3 Å². The van der Waals surface area contributed by atoms with E-state index in [9.17, 15) is 4.39 Å². The van der Waals surface area contributed by atoms with Gasteiger partial charge in [-0.3, -0.25) is 4.90 Å². The summed E-state index contributed by atoms with van der Waals surface area (Å²) in [6, 6.07) is 7.42. The Labute approximate surface area is 131 Å². The normalized spacial score (nSPS) is 11.2. The van der Waals surface area contributed by atoms with Crippen LogP contribution in [0.25, 0.3) is 0 Å². The summed E-state index contributed by atoms with van der Waals surface area (Å²) in [7, 11) is 3.90. The van der Waals surface area contributed by atoms with Crippen LogP contribution in [0.15, 0.2) is 34.1 Å². The zero-order valence-electron chi connectivity index (χ0n) is 11.6. The van der Waals surface area contributed by atoms with E-state index in [1.807, 2.05) is 26.2 Å². The highest BCUT2D eigenvalue weighted by Gasteiger charge is 2.08. The second kappa shape index (κ2) is 7.31. The van der Waals surface area contributed by atoms with Crippen molar-refractivity contribution in [1.82, 2.24) is 10.2 Å². The average molecular weight is 357 g/mol. The van der Waals surface area contributed by atoms with Crippen molar-refractivity contribution in [2.24, 2.45) is 0 Å². The van der Waals surface area contributed by atoms with E-state index in [4.69, 9.17) is 0 Å². The van der Waals surface area contributed by atoms with Gasteiger partial charge in [-0.2, -0.15) is 0 Å². The highest BCUT2D eigenvalue weighted by Crippen LogP contribution is 2.22. The molecule has 0 atom stereocenters. The molecule has 1 aromatic heterocycles. The zero-order valence-corrected chi connectivity index (χ0v) is 14.0. The van der Waals surface area contributed by atoms with Crippen molar-refractivity contribution in [2.45, 2.75) is 19.6 Å². The Hall–Kier alpha value is -0.750. The summed E-state index contributed by atoms with van der Waals surface area (Å²) >= 11 is 5.16. The molecule has 0 radical (unpaired) electrons. The quantitative estimate of drug-likeness (QED) is 0.841. The maximum absolute atomic E-state index is 13.9. The minimum Gasteiger partial charge on any atom is -0.316 e. The second-order valence-corrected chi connectivity index (χ2v) is 6.77. The lowest BCUT2D eigenvalue weighted by Crippen LogP contribution is -2.18. The molecule has 0 fully saturated rings. The van der Waals surface area contributed by atoms with Gasteiger partial charge in [0.05, 0.1) is 0 Å². The van der Waals surface area contributed by atoms with Crippen molar-refractivity contribution in [3.63, 3.8) is 0 Å². The first-order chi connectivity index (χ1) is 9.58. The fraction of sp³-hybridized carbons (Fsp3) is 0.333. The summed E-state index contributed by atoms with van der Waals surface area (Å²) in [4.78, 5) is 3.39. The molecular weight excluding hydrogens is 339 g/mol. The van der Waals surface area contributed by atoms with Crippen LogP contribution < -0.4 is 5.32 Å². The third-order valence-electron chi connectivity index (χ3n) is 2.98. The van der Waals surface area contributed by atoms with Crippen LogP contribution in [0.3, 0.4) is 0 Å². The van der Waals surface area contributed by atoms with Gasteiger partial charge in [0.2, 0.25) is 0 Å². The lowest BCUT2D eigenvalue weighted by molar-refractivity contribution is 0.316. The minimum atomic E-state index is -0.135. The molecule has 0 aliphatic rings. The number of halogens is 2. The summed E-state index contributed by atoms with van der Waals surface area (Å²) in [5.74, 6) is -0.135. The first-order valence-corrected chi connectivity index (χ1v) is 8.09. The molecule has 108 valence electrons. The van der Waals surface area contributed by atoms with Gasteiger partial charge in [0.25, 0.3) is 0 Å². The first-order valence-electron chi connectivity index (χ1n) is 6.42. The molecule has 0 spiro atoms. The Morgan fingerprint density at radius 3 is 2.75 bits per heavy atom. The molecule has 0 aliphatic heterocycles. The van der Waals surface area contributed by atoms with Crippen LogP contribution >= 0.6 is 27.3 Å². The predicted molar refractivity (Wildman–Crippen MR) is 86.4 cm³/mol. The van der Waals surface area contributed by atoms with Crippen LogP contribution in [0.4, 0.5) is 4.39 Å². The smallest absolute Gasteiger partial charge is 0.127 e. The van der Waals surface area contributed by atoms with Crippen LogP contribution in [0.2, 0.25) is 0 Å². The number of hydrogen-bond acceptors (Lipinski definition) is 3. The minimum absolute atomic E-state index is 0.135. The number of thiophene rings is 1. The molecule has 20 heavy (non-hydrogen) atoms. The van der Waals surface area contributed by atoms with Gasteiger partial charge in [0.1, 0.15) is 5.82 Å². The van der Waals surface area contributed by atoms with Gasteiger partial charge in [-0.05, 0) is 47.7 Å². The monoisotopic (exact) mass is 356 g/mol. The van der Waals surface area contributed by atoms with Gasteiger partial charge in [0.15, 0.2) is 0 Å². The highest BCUT2D eigenvalue weighted by molar-refractivity contribution is 9.10. The zero-order chi connectivity index (χ0) is 14.5. The Morgan fingerprint density at radius 1 is 1.30 bits per heavy atom. The maximum atomic E-state index is 13.9. The number of benzene rings is 1. The Bertz CT molecular complexity index is 571. The van der Waals surface area contributed by atoms with Gasteiger partial charge in [-0.1, -0.05) is 12.1 Å². The van der Waals surface area contributed by atoms with Crippen molar-refractivity contribution in [3.05, 3.63) is 55.9 Å². The Morgan fingerprint density at radius 2 is 2.10 bits per heavy atom. The van der Waals surface area contributed by atoms with Crippen molar-refractivity contribution < 1.29 is 4.39 Å². The van der Waals surface area contributed by atoms with E-state index in [1.54, 1.807) is 17.4 Å². The molecule has 0 bridgehead atoms. The molecule has 0 amide bonds. The highest BCUT2D eigenvalue weighted by atomic mass is 79.9. The maximum Gasteiger partial charge on any atom is 0.127 e. The molecule has 2 aromatic rings. The van der Waals surface area contributed by atoms with Crippen molar-refractivity contribution >= 4 is 27.3 Å². The molecular formula is C15H18BrFN2S. The lowest BCUT2D eigenvalue weighted by atomic mass is 10.1. The summed E-state index contributed by atoms with van der Waals surface area (Å²) in [6.45, 7) is 2.19. The van der Waals surface area contributed by atoms with E-state index < -0.39 is 0 Å². The Kier molecular flexibility index (Phi) is 5.72. The van der Waals surface area contributed by atoms with E-state index in [-0.39, 0.29) is 5.82 Å². The van der Waals surface area contributed by atoms with Crippen LogP contribution in [-0.4, -0.2) is 19.0 Å².